The van der Waals surface area contributed by atoms with E-state index in [1.165, 1.54) is 12.8 Å². The highest BCUT2D eigenvalue weighted by Gasteiger charge is 2.41. The van der Waals surface area contributed by atoms with Gasteiger partial charge in [-0.15, -0.1) is 0 Å². The van der Waals surface area contributed by atoms with E-state index in [0.717, 1.165) is 29.7 Å². The first kappa shape index (κ1) is 12.0. The van der Waals surface area contributed by atoms with Crippen LogP contribution >= 0.6 is 15.9 Å². The number of hydrogen-bond donors (Lipinski definition) is 2. The minimum atomic E-state index is 0.304. The lowest BCUT2D eigenvalue weighted by atomic mass is 10.0. The van der Waals surface area contributed by atoms with Crippen LogP contribution in [0.2, 0.25) is 0 Å². The predicted molar refractivity (Wildman–Crippen MR) is 67.0 cm³/mol. The maximum atomic E-state index is 8.94. The second-order valence-corrected chi connectivity index (χ2v) is 5.46. The molecule has 2 N–H and O–H groups in total. The van der Waals surface area contributed by atoms with Gasteiger partial charge >= 0.3 is 0 Å². The molecule has 1 aromatic heterocycles. The average molecular weight is 285 g/mol. The van der Waals surface area contributed by atoms with Crippen LogP contribution in [0.5, 0.6) is 0 Å². The molecule has 1 aliphatic carbocycles. The van der Waals surface area contributed by atoms with Crippen molar-refractivity contribution >= 4 is 15.9 Å². The van der Waals surface area contributed by atoms with Crippen LogP contribution in [0.4, 0.5) is 0 Å². The van der Waals surface area contributed by atoms with Gasteiger partial charge in [0, 0.05) is 30.4 Å². The molecule has 0 saturated heterocycles. The summed E-state index contributed by atoms with van der Waals surface area (Å²) in [7, 11) is 0. The molecular formula is C12H17BrN2O. The fourth-order valence-corrected chi connectivity index (χ4v) is 2.13. The van der Waals surface area contributed by atoms with E-state index in [0.29, 0.717) is 12.0 Å². The standard InChI is InChI=1S/C12H17BrN2O/c13-10-1-2-11(15-7-10)8-14-9-12(3-4-12)5-6-16/h1-2,7,14,16H,3-6,8-9H2. The normalized spacial score (nSPS) is 17.4. The van der Waals surface area contributed by atoms with Gasteiger partial charge in [-0.3, -0.25) is 4.98 Å². The van der Waals surface area contributed by atoms with Crippen LogP contribution < -0.4 is 5.32 Å². The molecule has 3 nitrogen and oxygen atoms in total. The Morgan fingerprint density at radius 1 is 1.44 bits per heavy atom. The van der Waals surface area contributed by atoms with E-state index in [9.17, 15) is 0 Å². The third-order valence-electron chi connectivity index (χ3n) is 3.19. The molecule has 1 aromatic rings. The van der Waals surface area contributed by atoms with E-state index < -0.39 is 0 Å². The molecule has 16 heavy (non-hydrogen) atoms. The maximum absolute atomic E-state index is 8.94. The summed E-state index contributed by atoms with van der Waals surface area (Å²) in [5, 5.41) is 12.4. The molecule has 0 aliphatic heterocycles. The van der Waals surface area contributed by atoms with Gasteiger partial charge < -0.3 is 10.4 Å². The molecule has 1 saturated carbocycles. The number of rotatable bonds is 6. The summed E-state index contributed by atoms with van der Waals surface area (Å²) >= 11 is 3.37. The fraction of sp³-hybridized carbons (Fsp3) is 0.583. The first-order valence-electron chi connectivity index (χ1n) is 5.66. The first-order valence-corrected chi connectivity index (χ1v) is 6.45. The highest BCUT2D eigenvalue weighted by Crippen LogP contribution is 2.47. The lowest BCUT2D eigenvalue weighted by Gasteiger charge is -2.14. The third kappa shape index (κ3) is 3.27. The summed E-state index contributed by atoms with van der Waals surface area (Å²) in [4.78, 5) is 4.31. The number of aliphatic hydroxyl groups excluding tert-OH is 1. The number of nitrogens with zero attached hydrogens (tertiary/aromatic N) is 1. The third-order valence-corrected chi connectivity index (χ3v) is 3.66. The van der Waals surface area contributed by atoms with Gasteiger partial charge in [-0.2, -0.15) is 0 Å². The fourth-order valence-electron chi connectivity index (χ4n) is 1.90. The van der Waals surface area contributed by atoms with Crippen molar-refractivity contribution in [3.63, 3.8) is 0 Å². The van der Waals surface area contributed by atoms with Crippen molar-refractivity contribution < 1.29 is 5.11 Å². The van der Waals surface area contributed by atoms with Gasteiger partial charge in [0.15, 0.2) is 0 Å². The maximum Gasteiger partial charge on any atom is 0.0542 e. The van der Waals surface area contributed by atoms with Crippen molar-refractivity contribution in [3.8, 4) is 0 Å². The molecule has 0 aromatic carbocycles. The van der Waals surface area contributed by atoms with Crippen LogP contribution in [0, 0.1) is 5.41 Å². The Bertz CT molecular complexity index is 335. The Morgan fingerprint density at radius 3 is 2.81 bits per heavy atom. The second-order valence-electron chi connectivity index (χ2n) is 4.54. The van der Waals surface area contributed by atoms with Gasteiger partial charge in [0.2, 0.25) is 0 Å². The quantitative estimate of drug-likeness (QED) is 0.841. The number of hydrogen-bond acceptors (Lipinski definition) is 3. The molecule has 1 aliphatic rings. The molecule has 0 radical (unpaired) electrons. The SMILES string of the molecule is OCCC1(CNCc2ccc(Br)cn2)CC1. The molecule has 2 rings (SSSR count). The Morgan fingerprint density at radius 2 is 2.25 bits per heavy atom. The van der Waals surface area contributed by atoms with Crippen molar-refractivity contribution in [2.75, 3.05) is 13.2 Å². The number of aliphatic hydroxyl groups is 1. The van der Waals surface area contributed by atoms with E-state index in [-0.39, 0.29) is 0 Å². The molecule has 1 heterocycles. The number of halogens is 1. The van der Waals surface area contributed by atoms with Crippen molar-refractivity contribution in [2.24, 2.45) is 5.41 Å². The summed E-state index contributed by atoms with van der Waals surface area (Å²) in [6.07, 6.45) is 5.23. The molecule has 0 amide bonds. The van der Waals surface area contributed by atoms with Gasteiger partial charge in [0.1, 0.15) is 0 Å². The first-order chi connectivity index (χ1) is 7.74. The summed E-state index contributed by atoms with van der Waals surface area (Å²) in [5.41, 5.74) is 1.44. The van der Waals surface area contributed by atoms with E-state index >= 15 is 0 Å². The van der Waals surface area contributed by atoms with Crippen LogP contribution in [0.15, 0.2) is 22.8 Å². The Labute approximate surface area is 104 Å². The van der Waals surface area contributed by atoms with E-state index in [1.807, 2.05) is 18.3 Å². The van der Waals surface area contributed by atoms with E-state index in [1.54, 1.807) is 0 Å². The van der Waals surface area contributed by atoms with Crippen molar-refractivity contribution in [2.45, 2.75) is 25.8 Å². The lowest BCUT2D eigenvalue weighted by molar-refractivity contribution is 0.245. The van der Waals surface area contributed by atoms with Gasteiger partial charge in [0.05, 0.1) is 5.69 Å². The average Bonchev–Trinajstić information content (AvgIpc) is 3.02. The highest BCUT2D eigenvalue weighted by atomic mass is 79.9. The van der Waals surface area contributed by atoms with Crippen LogP contribution in [0.1, 0.15) is 25.0 Å². The van der Waals surface area contributed by atoms with Gasteiger partial charge in [-0.25, -0.2) is 0 Å². The largest absolute Gasteiger partial charge is 0.396 e. The molecule has 0 spiro atoms. The van der Waals surface area contributed by atoms with Gasteiger partial charge in [0.25, 0.3) is 0 Å². The summed E-state index contributed by atoms with van der Waals surface area (Å²) in [6.45, 7) is 2.10. The van der Waals surface area contributed by atoms with Crippen molar-refractivity contribution in [1.82, 2.24) is 10.3 Å². The minimum Gasteiger partial charge on any atom is -0.396 e. The van der Waals surface area contributed by atoms with E-state index in [4.69, 9.17) is 5.11 Å². The molecule has 88 valence electrons. The smallest absolute Gasteiger partial charge is 0.0542 e. The van der Waals surface area contributed by atoms with Crippen LogP contribution in [-0.2, 0) is 6.54 Å². The zero-order chi connectivity index (χ0) is 11.4. The second kappa shape index (κ2) is 5.25. The minimum absolute atomic E-state index is 0.304. The summed E-state index contributed by atoms with van der Waals surface area (Å²) in [6, 6.07) is 4.02. The Hall–Kier alpha value is -0.450. The zero-order valence-corrected chi connectivity index (χ0v) is 10.8. The monoisotopic (exact) mass is 284 g/mol. The number of pyridine rings is 1. The molecule has 1 fully saturated rings. The van der Waals surface area contributed by atoms with Gasteiger partial charge in [-0.1, -0.05) is 0 Å². The Balaban J connectivity index is 1.74. The Kier molecular flexibility index (Phi) is 3.95. The number of nitrogens with one attached hydrogen (secondary N) is 1. The predicted octanol–water partition coefficient (Wildman–Crippen LogP) is 2.10. The van der Waals surface area contributed by atoms with Crippen LogP contribution in [0.25, 0.3) is 0 Å². The summed E-state index contributed by atoms with van der Waals surface area (Å²) < 4.78 is 1.01. The molecular weight excluding hydrogens is 268 g/mol. The van der Waals surface area contributed by atoms with Crippen molar-refractivity contribution in [1.29, 1.82) is 0 Å². The zero-order valence-electron chi connectivity index (χ0n) is 9.25. The molecule has 0 atom stereocenters. The van der Waals surface area contributed by atoms with Crippen molar-refractivity contribution in [3.05, 3.63) is 28.5 Å². The van der Waals surface area contributed by atoms with Gasteiger partial charge in [-0.05, 0) is 52.7 Å². The van der Waals surface area contributed by atoms with E-state index in [2.05, 4.69) is 26.2 Å². The molecule has 0 unspecified atom stereocenters. The topological polar surface area (TPSA) is 45.1 Å². The molecule has 4 heteroatoms. The summed E-state index contributed by atoms with van der Waals surface area (Å²) in [5.74, 6) is 0. The highest BCUT2D eigenvalue weighted by molar-refractivity contribution is 9.10. The molecule has 0 bridgehead atoms. The van der Waals surface area contributed by atoms with Crippen LogP contribution in [-0.4, -0.2) is 23.2 Å². The lowest BCUT2D eigenvalue weighted by Crippen LogP contribution is -2.24. The van der Waals surface area contributed by atoms with Crippen LogP contribution in [0.3, 0.4) is 0 Å². The number of aromatic nitrogens is 1.